The van der Waals surface area contributed by atoms with Gasteiger partial charge in [-0.2, -0.15) is 0 Å². The lowest BCUT2D eigenvalue weighted by Crippen LogP contribution is -2.34. The van der Waals surface area contributed by atoms with Crippen molar-refractivity contribution in [3.8, 4) is 0 Å². The number of nitrogens with one attached hydrogen (secondary N) is 2. The zero-order chi connectivity index (χ0) is 13.2. The number of hydrogen-bond donors (Lipinski definition) is 2. The fourth-order valence-corrected chi connectivity index (χ4v) is 2.68. The zero-order valence-corrected chi connectivity index (χ0v) is 12.1. The van der Waals surface area contributed by atoms with Crippen molar-refractivity contribution in [2.45, 2.75) is 71.3 Å². The standard InChI is InChI=1S/C15H30N2O/c1-3-5-7-14(6-4-2)17-15(18)9-8-13-10-11-16-12-13/h13-14,16H,3-12H2,1-2H3,(H,17,18). The van der Waals surface area contributed by atoms with Gasteiger partial charge in [0.25, 0.3) is 0 Å². The van der Waals surface area contributed by atoms with Crippen molar-refractivity contribution < 1.29 is 4.79 Å². The molecular formula is C15H30N2O. The summed E-state index contributed by atoms with van der Waals surface area (Å²) in [4.78, 5) is 11.9. The Balaban J connectivity index is 2.17. The summed E-state index contributed by atoms with van der Waals surface area (Å²) >= 11 is 0. The number of hydrogen-bond acceptors (Lipinski definition) is 2. The molecule has 1 amide bonds. The Labute approximate surface area is 112 Å². The van der Waals surface area contributed by atoms with Crippen LogP contribution in [0.2, 0.25) is 0 Å². The highest BCUT2D eigenvalue weighted by Gasteiger charge is 2.17. The number of carbonyl (C=O) groups is 1. The molecule has 1 aliphatic heterocycles. The Hall–Kier alpha value is -0.570. The molecule has 3 nitrogen and oxygen atoms in total. The summed E-state index contributed by atoms with van der Waals surface area (Å²) in [5.74, 6) is 0.979. The molecule has 0 aromatic carbocycles. The summed E-state index contributed by atoms with van der Waals surface area (Å²) in [6.07, 6.45) is 8.84. The predicted octanol–water partition coefficient (Wildman–Crippen LogP) is 2.85. The first-order valence-electron chi connectivity index (χ1n) is 7.76. The SMILES string of the molecule is CCCCC(CCC)NC(=O)CCC1CCNC1. The minimum atomic E-state index is 0.261. The van der Waals surface area contributed by atoms with Gasteiger partial charge in [0.15, 0.2) is 0 Å². The number of rotatable bonds is 9. The maximum atomic E-state index is 11.9. The van der Waals surface area contributed by atoms with Gasteiger partial charge in [-0.15, -0.1) is 0 Å². The monoisotopic (exact) mass is 254 g/mol. The van der Waals surface area contributed by atoms with Crippen LogP contribution >= 0.6 is 0 Å². The molecule has 1 saturated heterocycles. The number of carbonyl (C=O) groups excluding carboxylic acids is 1. The van der Waals surface area contributed by atoms with Gasteiger partial charge in [0.2, 0.25) is 5.91 Å². The summed E-state index contributed by atoms with van der Waals surface area (Å²) in [5.41, 5.74) is 0. The van der Waals surface area contributed by atoms with Crippen LogP contribution in [0.4, 0.5) is 0 Å². The average Bonchev–Trinajstić information content (AvgIpc) is 2.87. The van der Waals surface area contributed by atoms with E-state index in [0.29, 0.717) is 12.5 Å². The topological polar surface area (TPSA) is 41.1 Å². The molecule has 2 atom stereocenters. The summed E-state index contributed by atoms with van der Waals surface area (Å²) in [7, 11) is 0. The molecule has 106 valence electrons. The molecule has 0 saturated carbocycles. The third-order valence-electron chi connectivity index (χ3n) is 3.85. The normalized spacial score (nSPS) is 20.9. The van der Waals surface area contributed by atoms with Crippen LogP contribution in [0.1, 0.15) is 65.2 Å². The Kier molecular flexibility index (Phi) is 8.06. The average molecular weight is 254 g/mol. The quantitative estimate of drug-likeness (QED) is 0.664. The van der Waals surface area contributed by atoms with E-state index >= 15 is 0 Å². The van der Waals surface area contributed by atoms with Crippen molar-refractivity contribution in [3.63, 3.8) is 0 Å². The van der Waals surface area contributed by atoms with E-state index in [9.17, 15) is 4.79 Å². The second-order valence-electron chi connectivity index (χ2n) is 5.59. The molecule has 1 rings (SSSR count). The van der Waals surface area contributed by atoms with Gasteiger partial charge in [-0.3, -0.25) is 4.79 Å². The third kappa shape index (κ3) is 6.39. The van der Waals surface area contributed by atoms with Gasteiger partial charge in [-0.25, -0.2) is 0 Å². The van der Waals surface area contributed by atoms with E-state index in [1.165, 1.54) is 19.3 Å². The second-order valence-corrected chi connectivity index (χ2v) is 5.59. The highest BCUT2D eigenvalue weighted by Crippen LogP contribution is 2.14. The van der Waals surface area contributed by atoms with Gasteiger partial charge in [-0.05, 0) is 44.7 Å². The van der Waals surface area contributed by atoms with E-state index < -0.39 is 0 Å². The van der Waals surface area contributed by atoms with Crippen LogP contribution < -0.4 is 10.6 Å². The van der Waals surface area contributed by atoms with Crippen LogP contribution in [0.25, 0.3) is 0 Å². The molecule has 2 N–H and O–H groups in total. The van der Waals surface area contributed by atoms with Crippen LogP contribution in [-0.4, -0.2) is 25.0 Å². The lowest BCUT2D eigenvalue weighted by molar-refractivity contribution is -0.122. The minimum Gasteiger partial charge on any atom is -0.353 e. The van der Waals surface area contributed by atoms with Crippen LogP contribution in [0.5, 0.6) is 0 Å². The van der Waals surface area contributed by atoms with Crippen LogP contribution in [-0.2, 0) is 4.79 Å². The summed E-state index contributed by atoms with van der Waals surface area (Å²) in [6.45, 7) is 6.62. The minimum absolute atomic E-state index is 0.261. The van der Waals surface area contributed by atoms with E-state index in [0.717, 1.165) is 44.7 Å². The molecule has 0 aliphatic carbocycles. The predicted molar refractivity (Wildman–Crippen MR) is 76.6 cm³/mol. The number of amides is 1. The molecule has 18 heavy (non-hydrogen) atoms. The smallest absolute Gasteiger partial charge is 0.220 e. The molecule has 0 aromatic heterocycles. The molecule has 1 fully saturated rings. The highest BCUT2D eigenvalue weighted by atomic mass is 16.1. The first-order chi connectivity index (χ1) is 8.76. The molecule has 2 unspecified atom stereocenters. The third-order valence-corrected chi connectivity index (χ3v) is 3.85. The van der Waals surface area contributed by atoms with E-state index in [-0.39, 0.29) is 5.91 Å². The maximum absolute atomic E-state index is 11.9. The Morgan fingerprint density at radius 1 is 1.33 bits per heavy atom. The van der Waals surface area contributed by atoms with Crippen molar-refractivity contribution in [2.75, 3.05) is 13.1 Å². The van der Waals surface area contributed by atoms with Crippen molar-refractivity contribution in [2.24, 2.45) is 5.92 Å². The van der Waals surface area contributed by atoms with Gasteiger partial charge in [0, 0.05) is 12.5 Å². The first-order valence-corrected chi connectivity index (χ1v) is 7.76. The summed E-state index contributed by atoms with van der Waals surface area (Å²) in [5, 5.41) is 6.57. The molecular weight excluding hydrogens is 224 g/mol. The van der Waals surface area contributed by atoms with Crippen molar-refractivity contribution in [3.05, 3.63) is 0 Å². The zero-order valence-electron chi connectivity index (χ0n) is 12.1. The molecule has 0 spiro atoms. The summed E-state index contributed by atoms with van der Waals surface area (Å²) < 4.78 is 0. The first kappa shape index (κ1) is 15.5. The maximum Gasteiger partial charge on any atom is 0.220 e. The molecule has 0 radical (unpaired) electrons. The fraction of sp³-hybridized carbons (Fsp3) is 0.933. The molecule has 1 heterocycles. The fourth-order valence-electron chi connectivity index (χ4n) is 2.68. The highest BCUT2D eigenvalue weighted by molar-refractivity contribution is 5.76. The largest absolute Gasteiger partial charge is 0.353 e. The molecule has 0 aromatic rings. The molecule has 0 bridgehead atoms. The van der Waals surface area contributed by atoms with Gasteiger partial charge < -0.3 is 10.6 Å². The van der Waals surface area contributed by atoms with Gasteiger partial charge in [0.05, 0.1) is 0 Å². The van der Waals surface area contributed by atoms with Crippen LogP contribution in [0, 0.1) is 5.92 Å². The van der Waals surface area contributed by atoms with E-state index in [1.807, 2.05) is 0 Å². The van der Waals surface area contributed by atoms with E-state index in [2.05, 4.69) is 24.5 Å². The van der Waals surface area contributed by atoms with Crippen molar-refractivity contribution >= 4 is 5.91 Å². The number of unbranched alkanes of at least 4 members (excludes halogenated alkanes) is 1. The van der Waals surface area contributed by atoms with Gasteiger partial charge >= 0.3 is 0 Å². The van der Waals surface area contributed by atoms with Crippen molar-refractivity contribution in [1.82, 2.24) is 10.6 Å². The second kappa shape index (κ2) is 9.37. The molecule has 3 heteroatoms. The van der Waals surface area contributed by atoms with Crippen LogP contribution in [0.15, 0.2) is 0 Å². The Morgan fingerprint density at radius 2 is 2.17 bits per heavy atom. The lowest BCUT2D eigenvalue weighted by Gasteiger charge is -2.18. The van der Waals surface area contributed by atoms with Crippen molar-refractivity contribution in [1.29, 1.82) is 0 Å². The molecule has 1 aliphatic rings. The van der Waals surface area contributed by atoms with Gasteiger partial charge in [-0.1, -0.05) is 33.1 Å². The Morgan fingerprint density at radius 3 is 2.78 bits per heavy atom. The van der Waals surface area contributed by atoms with Crippen LogP contribution in [0.3, 0.4) is 0 Å². The van der Waals surface area contributed by atoms with E-state index in [1.54, 1.807) is 0 Å². The lowest BCUT2D eigenvalue weighted by atomic mass is 10.0. The van der Waals surface area contributed by atoms with E-state index in [4.69, 9.17) is 0 Å². The van der Waals surface area contributed by atoms with Gasteiger partial charge in [0.1, 0.15) is 0 Å². The summed E-state index contributed by atoms with van der Waals surface area (Å²) in [6, 6.07) is 0.407. The Bertz CT molecular complexity index is 225.